The van der Waals surface area contributed by atoms with Crippen LogP contribution in [-0.4, -0.2) is 15.7 Å². The molecule has 8 heteroatoms. The number of rotatable bonds is 1. The Morgan fingerprint density at radius 1 is 1.00 bits per heavy atom. The van der Waals surface area contributed by atoms with Crippen LogP contribution in [0.5, 0.6) is 0 Å². The highest BCUT2D eigenvalue weighted by molar-refractivity contribution is 6.01. The number of fused-ring (bicyclic) bond motifs is 2. The van der Waals surface area contributed by atoms with E-state index < -0.39 is 34.7 Å². The summed E-state index contributed by atoms with van der Waals surface area (Å²) >= 11 is 0. The summed E-state index contributed by atoms with van der Waals surface area (Å²) in [6.07, 6.45) is -4.47. The van der Waals surface area contributed by atoms with Crippen molar-refractivity contribution >= 4 is 16.7 Å². The minimum atomic E-state index is -4.46. The number of pyridine rings is 1. The first kappa shape index (κ1) is 18.2. The van der Waals surface area contributed by atoms with Crippen LogP contribution in [0, 0.1) is 5.82 Å². The van der Waals surface area contributed by atoms with Crippen LogP contribution in [0.4, 0.5) is 17.6 Å². The average molecular weight is 391 g/mol. The average Bonchev–Trinajstić information content (AvgIpc) is 2.65. The van der Waals surface area contributed by atoms with Crippen LogP contribution >= 0.6 is 0 Å². The van der Waals surface area contributed by atoms with Crippen molar-refractivity contribution in [1.29, 1.82) is 0 Å². The van der Waals surface area contributed by atoms with Gasteiger partial charge >= 0.3 is 6.18 Å². The first-order chi connectivity index (χ1) is 13.2. The molecule has 144 valence electrons. The number of carbonyl (C=O) groups excluding carboxylic acids is 1. The molecule has 1 heterocycles. The number of Topliss-reactive ketones (excluding diaryl/α,β-unsaturated/α-hetero) is 1. The van der Waals surface area contributed by atoms with E-state index in [-0.39, 0.29) is 35.0 Å². The Labute approximate surface area is 155 Å². The van der Waals surface area contributed by atoms with E-state index in [0.29, 0.717) is 10.3 Å². The van der Waals surface area contributed by atoms with Gasteiger partial charge in [-0.05, 0) is 48.2 Å². The number of hydrogen-bond acceptors (Lipinski definition) is 3. The Hall–Kier alpha value is -3.16. The second kappa shape index (κ2) is 6.19. The molecule has 0 radical (unpaired) electrons. The third kappa shape index (κ3) is 2.85. The zero-order chi connectivity index (χ0) is 20.2. The lowest BCUT2D eigenvalue weighted by atomic mass is 9.81. The first-order valence-corrected chi connectivity index (χ1v) is 8.43. The van der Waals surface area contributed by atoms with Crippen LogP contribution in [0.1, 0.15) is 39.5 Å². The predicted molar refractivity (Wildman–Crippen MR) is 92.2 cm³/mol. The van der Waals surface area contributed by atoms with E-state index >= 15 is 0 Å². The van der Waals surface area contributed by atoms with Gasteiger partial charge in [-0.3, -0.25) is 9.59 Å². The number of aromatic nitrogens is 1. The molecule has 1 atom stereocenters. The van der Waals surface area contributed by atoms with E-state index in [0.717, 1.165) is 24.3 Å². The van der Waals surface area contributed by atoms with Crippen molar-refractivity contribution in [3.63, 3.8) is 0 Å². The number of hydrogen-bond donors (Lipinski definition) is 1. The minimum absolute atomic E-state index is 0.0611. The summed E-state index contributed by atoms with van der Waals surface area (Å²) in [6.45, 7) is 0. The Bertz CT molecular complexity index is 1160. The quantitative estimate of drug-likeness (QED) is 0.497. The second-order valence-corrected chi connectivity index (χ2v) is 6.77. The van der Waals surface area contributed by atoms with Gasteiger partial charge in [0.15, 0.2) is 5.78 Å². The van der Waals surface area contributed by atoms with Gasteiger partial charge in [0.25, 0.3) is 0 Å². The second-order valence-electron chi connectivity index (χ2n) is 6.77. The number of ketones is 1. The van der Waals surface area contributed by atoms with Crippen LogP contribution in [0.2, 0.25) is 0 Å². The molecule has 0 saturated heterocycles. The summed E-state index contributed by atoms with van der Waals surface area (Å²) in [5, 5.41) is 10.4. The van der Waals surface area contributed by atoms with Crippen molar-refractivity contribution in [2.24, 2.45) is 0 Å². The van der Waals surface area contributed by atoms with Gasteiger partial charge in [0.05, 0.1) is 27.7 Å². The molecule has 1 aliphatic rings. The molecule has 0 saturated carbocycles. The van der Waals surface area contributed by atoms with Crippen molar-refractivity contribution < 1.29 is 27.6 Å². The fraction of sp³-hybridized carbons (Fsp3) is 0.200. The summed E-state index contributed by atoms with van der Waals surface area (Å²) < 4.78 is 52.4. The molecule has 4 rings (SSSR count). The Kier molecular flexibility index (Phi) is 4.02. The topological polar surface area (TPSA) is 59.3 Å². The Morgan fingerprint density at radius 2 is 1.68 bits per heavy atom. The molecule has 28 heavy (non-hydrogen) atoms. The smallest absolute Gasteiger partial charge is 0.416 e. The van der Waals surface area contributed by atoms with Gasteiger partial charge in [0, 0.05) is 6.42 Å². The van der Waals surface area contributed by atoms with Crippen LogP contribution in [-0.2, 0) is 12.6 Å². The van der Waals surface area contributed by atoms with Gasteiger partial charge < -0.3 is 5.21 Å². The van der Waals surface area contributed by atoms with E-state index in [9.17, 15) is 32.4 Å². The number of carbonyl (C=O) groups is 1. The lowest BCUT2D eigenvalue weighted by Gasteiger charge is -2.25. The zero-order valence-corrected chi connectivity index (χ0v) is 14.3. The Balaban J connectivity index is 1.80. The van der Waals surface area contributed by atoms with Gasteiger partial charge in [0.1, 0.15) is 5.82 Å². The fourth-order valence-electron chi connectivity index (χ4n) is 3.68. The SMILES string of the molecule is O=C1CC(c2ccc(C(F)(F)F)cc2)Cc2c1c(=O)c1cc(F)ccc1n2O. The molecular formula is C20H13F4NO3. The zero-order valence-electron chi connectivity index (χ0n) is 14.3. The molecule has 1 aliphatic carbocycles. The first-order valence-electron chi connectivity index (χ1n) is 8.43. The van der Waals surface area contributed by atoms with Gasteiger partial charge in [-0.15, -0.1) is 0 Å². The molecule has 0 bridgehead atoms. The summed E-state index contributed by atoms with van der Waals surface area (Å²) in [5.41, 5.74) is -1.03. The third-order valence-electron chi connectivity index (χ3n) is 5.06. The molecule has 1 N–H and O–H groups in total. The lowest BCUT2D eigenvalue weighted by molar-refractivity contribution is -0.137. The highest BCUT2D eigenvalue weighted by Gasteiger charge is 2.34. The molecule has 1 aromatic heterocycles. The van der Waals surface area contributed by atoms with E-state index in [1.54, 1.807) is 0 Å². The van der Waals surface area contributed by atoms with Gasteiger partial charge in [0.2, 0.25) is 5.43 Å². The lowest BCUT2D eigenvalue weighted by Crippen LogP contribution is -2.30. The maximum absolute atomic E-state index is 13.5. The van der Waals surface area contributed by atoms with Crippen LogP contribution in [0.3, 0.4) is 0 Å². The van der Waals surface area contributed by atoms with Crippen molar-refractivity contribution in [3.8, 4) is 0 Å². The van der Waals surface area contributed by atoms with Crippen LogP contribution in [0.15, 0.2) is 47.3 Å². The molecule has 0 aliphatic heterocycles. The van der Waals surface area contributed by atoms with Crippen molar-refractivity contribution in [2.45, 2.75) is 24.9 Å². The number of halogens is 4. The molecule has 0 fully saturated rings. The normalized spacial score (nSPS) is 17.0. The summed E-state index contributed by atoms with van der Waals surface area (Å²) in [7, 11) is 0. The Morgan fingerprint density at radius 3 is 2.32 bits per heavy atom. The molecule has 4 nitrogen and oxygen atoms in total. The third-order valence-corrected chi connectivity index (χ3v) is 5.06. The number of benzene rings is 2. The monoisotopic (exact) mass is 391 g/mol. The molecular weight excluding hydrogens is 378 g/mol. The highest BCUT2D eigenvalue weighted by atomic mass is 19.4. The van der Waals surface area contributed by atoms with E-state index in [1.807, 2.05) is 0 Å². The van der Waals surface area contributed by atoms with Crippen molar-refractivity contribution in [2.75, 3.05) is 0 Å². The maximum Gasteiger partial charge on any atom is 0.416 e. The summed E-state index contributed by atoms with van der Waals surface area (Å²) in [4.78, 5) is 25.2. The maximum atomic E-state index is 13.5. The molecule has 1 unspecified atom stereocenters. The predicted octanol–water partition coefficient (Wildman–Crippen LogP) is 4.31. The van der Waals surface area contributed by atoms with Crippen molar-refractivity contribution in [3.05, 3.63) is 80.9 Å². The molecule has 3 aromatic rings. The molecule has 0 spiro atoms. The number of alkyl halides is 3. The highest BCUT2D eigenvalue weighted by Crippen LogP contribution is 2.35. The van der Waals surface area contributed by atoms with Crippen LogP contribution in [0.25, 0.3) is 10.9 Å². The van der Waals surface area contributed by atoms with Crippen LogP contribution < -0.4 is 5.43 Å². The van der Waals surface area contributed by atoms with Gasteiger partial charge in [-0.25, -0.2) is 4.39 Å². The minimum Gasteiger partial charge on any atom is -0.428 e. The van der Waals surface area contributed by atoms with E-state index in [2.05, 4.69) is 0 Å². The standard InChI is InChI=1S/C20H13F4NO3/c21-13-5-6-15-14(9-13)19(27)18-16(25(15)28)7-11(8-17(18)26)10-1-3-12(4-2-10)20(22,23)24/h1-6,9,11,28H,7-8H2. The van der Waals surface area contributed by atoms with E-state index in [1.165, 1.54) is 18.2 Å². The molecule has 0 amide bonds. The fourth-order valence-corrected chi connectivity index (χ4v) is 3.68. The van der Waals surface area contributed by atoms with Crippen molar-refractivity contribution in [1.82, 2.24) is 4.73 Å². The van der Waals surface area contributed by atoms with E-state index in [4.69, 9.17) is 0 Å². The summed E-state index contributed by atoms with van der Waals surface area (Å²) in [5.74, 6) is -1.70. The molecule has 2 aromatic carbocycles. The van der Waals surface area contributed by atoms with Gasteiger partial charge in [-0.2, -0.15) is 17.9 Å². The van der Waals surface area contributed by atoms with Gasteiger partial charge in [-0.1, -0.05) is 12.1 Å². The number of nitrogens with zero attached hydrogens (tertiary/aromatic N) is 1. The summed E-state index contributed by atoms with van der Waals surface area (Å²) in [6, 6.07) is 7.73. The largest absolute Gasteiger partial charge is 0.428 e.